The van der Waals surface area contributed by atoms with E-state index in [0.717, 1.165) is 6.42 Å². The van der Waals surface area contributed by atoms with E-state index in [4.69, 9.17) is 9.84 Å². The molecule has 0 spiro atoms. The maximum Gasteiger partial charge on any atom is 0.341 e. The number of hydrogen-bond donors (Lipinski definition) is 1. The highest BCUT2D eigenvalue weighted by Crippen LogP contribution is 2.44. The summed E-state index contributed by atoms with van der Waals surface area (Å²) in [5.41, 5.74) is -0.941. The number of rotatable bonds is 6. The molecule has 0 aromatic rings. The van der Waals surface area contributed by atoms with Gasteiger partial charge in [0, 0.05) is 0 Å². The van der Waals surface area contributed by atoms with Crippen LogP contribution in [0.25, 0.3) is 0 Å². The quantitative estimate of drug-likeness (QED) is 0.743. The summed E-state index contributed by atoms with van der Waals surface area (Å²) < 4.78 is 4.90. The van der Waals surface area contributed by atoms with Gasteiger partial charge in [-0.05, 0) is 24.7 Å². The van der Waals surface area contributed by atoms with Crippen molar-refractivity contribution >= 4 is 11.9 Å². The summed E-state index contributed by atoms with van der Waals surface area (Å²) >= 11 is 0. The van der Waals surface area contributed by atoms with Gasteiger partial charge in [0.2, 0.25) is 0 Å². The van der Waals surface area contributed by atoms with Crippen LogP contribution >= 0.6 is 0 Å². The Morgan fingerprint density at radius 1 is 1.22 bits per heavy atom. The van der Waals surface area contributed by atoms with Gasteiger partial charge in [-0.3, -0.25) is 4.79 Å². The van der Waals surface area contributed by atoms with Gasteiger partial charge in [0.1, 0.15) is 0 Å². The van der Waals surface area contributed by atoms with Crippen LogP contribution in [0.4, 0.5) is 0 Å². The Morgan fingerprint density at radius 2 is 1.72 bits per heavy atom. The Balaban J connectivity index is 4.98. The second-order valence-corrected chi connectivity index (χ2v) is 6.27. The van der Waals surface area contributed by atoms with Crippen molar-refractivity contribution in [3.05, 3.63) is 0 Å². The minimum absolute atomic E-state index is 0.272. The van der Waals surface area contributed by atoms with Gasteiger partial charge >= 0.3 is 11.9 Å². The van der Waals surface area contributed by atoms with Crippen LogP contribution in [0.1, 0.15) is 54.4 Å². The molecule has 0 aliphatic heterocycles. The first-order valence-electron chi connectivity index (χ1n) is 6.43. The Bertz CT molecular complexity index is 303. The second kappa shape index (κ2) is 6.21. The zero-order valence-electron chi connectivity index (χ0n) is 12.4. The monoisotopic (exact) mass is 258 g/mol. The largest absolute Gasteiger partial charge is 0.479 e. The fourth-order valence-corrected chi connectivity index (χ4v) is 1.82. The molecule has 0 rings (SSSR count). The van der Waals surface area contributed by atoms with Crippen molar-refractivity contribution in [2.24, 2.45) is 16.7 Å². The highest BCUT2D eigenvalue weighted by molar-refractivity contribution is 5.80. The lowest BCUT2D eigenvalue weighted by Gasteiger charge is -2.41. The van der Waals surface area contributed by atoms with Crippen molar-refractivity contribution in [1.82, 2.24) is 0 Å². The van der Waals surface area contributed by atoms with Crippen molar-refractivity contribution in [1.29, 1.82) is 0 Å². The average molecular weight is 258 g/mol. The molecule has 0 aliphatic rings. The first-order chi connectivity index (χ1) is 8.04. The summed E-state index contributed by atoms with van der Waals surface area (Å²) in [5, 5.41) is 8.58. The highest BCUT2D eigenvalue weighted by Gasteiger charge is 2.46. The lowest BCUT2D eigenvalue weighted by Crippen LogP contribution is -2.43. The van der Waals surface area contributed by atoms with Crippen LogP contribution in [-0.2, 0) is 14.3 Å². The number of carboxylic acids is 1. The van der Waals surface area contributed by atoms with E-state index in [-0.39, 0.29) is 5.41 Å². The Hall–Kier alpha value is -1.06. The molecule has 18 heavy (non-hydrogen) atoms. The molecule has 106 valence electrons. The predicted molar refractivity (Wildman–Crippen MR) is 70.2 cm³/mol. The van der Waals surface area contributed by atoms with Gasteiger partial charge in [0.05, 0.1) is 5.41 Å². The van der Waals surface area contributed by atoms with Crippen molar-refractivity contribution in [3.63, 3.8) is 0 Å². The molecule has 0 amide bonds. The summed E-state index contributed by atoms with van der Waals surface area (Å²) in [6.45, 7) is 11.4. The van der Waals surface area contributed by atoms with Crippen molar-refractivity contribution in [2.45, 2.75) is 54.4 Å². The Morgan fingerprint density at radius 3 is 2.06 bits per heavy atom. The van der Waals surface area contributed by atoms with Gasteiger partial charge in [0.25, 0.3) is 0 Å². The van der Waals surface area contributed by atoms with E-state index in [0.29, 0.717) is 12.3 Å². The number of aliphatic carboxylic acids is 1. The van der Waals surface area contributed by atoms with Crippen LogP contribution in [0.3, 0.4) is 0 Å². The standard InChI is InChI=1S/C14H26O4/c1-7-10(2)8-14(6,13(3,4)5)12(17)18-9-11(15)16/h10H,7-9H2,1-6H3,(H,15,16). The second-order valence-electron chi connectivity index (χ2n) is 6.27. The Labute approximate surface area is 110 Å². The third-order valence-electron chi connectivity index (χ3n) is 3.89. The first kappa shape index (κ1) is 16.9. The van der Waals surface area contributed by atoms with Gasteiger partial charge in [-0.25, -0.2) is 4.79 Å². The lowest BCUT2D eigenvalue weighted by atomic mass is 9.63. The van der Waals surface area contributed by atoms with Crippen LogP contribution in [-0.4, -0.2) is 23.7 Å². The third kappa shape index (κ3) is 4.31. The molecule has 0 aromatic carbocycles. The smallest absolute Gasteiger partial charge is 0.341 e. The molecule has 1 N–H and O–H groups in total. The topological polar surface area (TPSA) is 63.6 Å². The van der Waals surface area contributed by atoms with E-state index >= 15 is 0 Å². The molecule has 0 saturated heterocycles. The summed E-state index contributed by atoms with van der Waals surface area (Å²) in [6.07, 6.45) is 1.68. The van der Waals surface area contributed by atoms with Gasteiger partial charge in [-0.1, -0.05) is 41.0 Å². The van der Waals surface area contributed by atoms with Gasteiger partial charge < -0.3 is 9.84 Å². The van der Waals surface area contributed by atoms with Crippen LogP contribution in [0, 0.1) is 16.7 Å². The van der Waals surface area contributed by atoms with Crippen LogP contribution < -0.4 is 0 Å². The van der Waals surface area contributed by atoms with Gasteiger partial charge in [0.15, 0.2) is 6.61 Å². The third-order valence-corrected chi connectivity index (χ3v) is 3.89. The van der Waals surface area contributed by atoms with E-state index in [9.17, 15) is 9.59 Å². The summed E-state index contributed by atoms with van der Waals surface area (Å²) in [5.74, 6) is -1.15. The molecule has 0 aromatic heterocycles. The van der Waals surface area contributed by atoms with Crippen molar-refractivity contribution in [2.75, 3.05) is 6.61 Å². The number of ether oxygens (including phenoxy) is 1. The van der Waals surface area contributed by atoms with Gasteiger partial charge in [-0.15, -0.1) is 0 Å². The van der Waals surface area contributed by atoms with Crippen LogP contribution in [0.5, 0.6) is 0 Å². The van der Waals surface area contributed by atoms with E-state index in [1.54, 1.807) is 0 Å². The molecule has 0 bridgehead atoms. The van der Waals surface area contributed by atoms with E-state index in [1.165, 1.54) is 0 Å². The molecule has 0 heterocycles. The molecule has 0 fully saturated rings. The first-order valence-corrected chi connectivity index (χ1v) is 6.43. The number of carboxylic acid groups (broad SMARTS) is 1. The fraction of sp³-hybridized carbons (Fsp3) is 0.857. The molecular weight excluding hydrogens is 232 g/mol. The lowest BCUT2D eigenvalue weighted by molar-refractivity contribution is -0.169. The molecule has 0 aliphatic carbocycles. The maximum atomic E-state index is 12.2. The number of carbonyl (C=O) groups is 2. The molecule has 2 unspecified atom stereocenters. The van der Waals surface area contributed by atoms with Gasteiger partial charge in [-0.2, -0.15) is 0 Å². The van der Waals surface area contributed by atoms with Crippen LogP contribution in [0.15, 0.2) is 0 Å². The molecular formula is C14H26O4. The number of esters is 1. The van der Waals surface area contributed by atoms with Crippen LogP contribution in [0.2, 0.25) is 0 Å². The maximum absolute atomic E-state index is 12.2. The van der Waals surface area contributed by atoms with Crippen molar-refractivity contribution < 1.29 is 19.4 Å². The van der Waals surface area contributed by atoms with E-state index in [1.807, 2.05) is 27.7 Å². The fourth-order valence-electron chi connectivity index (χ4n) is 1.82. The minimum atomic E-state index is -1.12. The Kier molecular flexibility index (Phi) is 5.84. The molecule has 0 radical (unpaired) electrons. The SMILES string of the molecule is CCC(C)CC(C)(C(=O)OCC(=O)O)C(C)(C)C. The number of carbonyl (C=O) groups excluding carboxylic acids is 1. The zero-order valence-corrected chi connectivity index (χ0v) is 12.4. The zero-order chi connectivity index (χ0) is 14.6. The molecule has 4 heteroatoms. The average Bonchev–Trinajstić information content (AvgIpc) is 2.23. The molecule has 2 atom stereocenters. The molecule has 0 saturated carbocycles. The summed E-state index contributed by atoms with van der Waals surface area (Å²) in [6, 6.07) is 0. The summed E-state index contributed by atoms with van der Waals surface area (Å²) in [7, 11) is 0. The highest BCUT2D eigenvalue weighted by atomic mass is 16.6. The summed E-state index contributed by atoms with van der Waals surface area (Å²) in [4.78, 5) is 22.7. The van der Waals surface area contributed by atoms with Crippen molar-refractivity contribution in [3.8, 4) is 0 Å². The van der Waals surface area contributed by atoms with E-state index < -0.39 is 24.0 Å². The molecule has 4 nitrogen and oxygen atoms in total. The normalized spacial score (nSPS) is 16.8. The minimum Gasteiger partial charge on any atom is -0.479 e. The van der Waals surface area contributed by atoms with E-state index in [2.05, 4.69) is 13.8 Å². The number of hydrogen-bond acceptors (Lipinski definition) is 3. The predicted octanol–water partition coefficient (Wildman–Crippen LogP) is 3.10.